The van der Waals surface area contributed by atoms with Crippen molar-refractivity contribution in [3.05, 3.63) is 247 Å². The highest BCUT2D eigenvalue weighted by Gasteiger charge is 2.48. The summed E-state index contributed by atoms with van der Waals surface area (Å²) in [5.41, 5.74) is 14.9. The Balaban J connectivity index is 0.955. The van der Waals surface area contributed by atoms with Gasteiger partial charge in [0, 0.05) is 34.0 Å². The van der Waals surface area contributed by atoms with E-state index in [1.807, 2.05) is 54.7 Å². The molecule has 0 amide bonds. The molecule has 0 bridgehead atoms. The topological polar surface area (TPSA) is 57.1 Å². The minimum Gasteiger partial charge on any atom is -0.449 e. The van der Waals surface area contributed by atoms with Crippen molar-refractivity contribution in [3.8, 4) is 90.4 Å². The standard InChI is InChI=1S/C58H37N3O2/c1-4-17-38(18-5-1)50-37-51(61-57(60-50)41-20-16-19-40(35-41)49-29-14-15-34-59-49)45-26-11-10-25-44(45)39-30-32-52-54(36-39)62-53-33-31-48-55(56(53)63-52)46-27-12-13-28-47(46)58(48,42-21-6-2-7-22-42)43-23-8-3-9-24-43/h1-37H. The maximum atomic E-state index is 6.97. The Morgan fingerprint density at radius 1 is 0.349 bits per heavy atom. The first-order valence-electron chi connectivity index (χ1n) is 21.2. The first-order valence-corrected chi connectivity index (χ1v) is 21.2. The molecule has 0 N–H and O–H groups in total. The fourth-order valence-corrected chi connectivity index (χ4v) is 9.51. The molecule has 5 nitrogen and oxygen atoms in total. The van der Waals surface area contributed by atoms with E-state index in [2.05, 4.69) is 175 Å². The van der Waals surface area contributed by atoms with Gasteiger partial charge in [0.05, 0.1) is 22.5 Å². The summed E-state index contributed by atoms with van der Waals surface area (Å²) < 4.78 is 13.8. The molecule has 1 aliphatic heterocycles. The van der Waals surface area contributed by atoms with Crippen molar-refractivity contribution in [2.45, 2.75) is 5.41 Å². The van der Waals surface area contributed by atoms with Crippen LogP contribution >= 0.6 is 0 Å². The number of nitrogens with zero attached hydrogens (tertiary/aromatic N) is 3. The molecule has 8 aromatic carbocycles. The molecule has 296 valence electrons. The van der Waals surface area contributed by atoms with Gasteiger partial charge in [0.1, 0.15) is 0 Å². The van der Waals surface area contributed by atoms with E-state index in [9.17, 15) is 0 Å². The highest BCUT2D eigenvalue weighted by molar-refractivity contribution is 5.92. The number of fused-ring (bicyclic) bond motifs is 6. The van der Waals surface area contributed by atoms with Crippen LogP contribution in [0.15, 0.2) is 225 Å². The second-order valence-corrected chi connectivity index (χ2v) is 15.9. The normalized spacial score (nSPS) is 12.8. The maximum Gasteiger partial charge on any atom is 0.178 e. The molecule has 2 aliphatic rings. The molecule has 0 spiro atoms. The molecule has 10 aromatic rings. The van der Waals surface area contributed by atoms with Crippen LogP contribution < -0.4 is 9.47 Å². The molecule has 1 aliphatic carbocycles. The lowest BCUT2D eigenvalue weighted by Crippen LogP contribution is -2.28. The van der Waals surface area contributed by atoms with E-state index in [-0.39, 0.29) is 0 Å². The molecule has 63 heavy (non-hydrogen) atoms. The number of hydrogen-bond donors (Lipinski definition) is 0. The van der Waals surface area contributed by atoms with E-state index in [0.29, 0.717) is 23.1 Å². The van der Waals surface area contributed by atoms with Crippen molar-refractivity contribution < 1.29 is 9.47 Å². The van der Waals surface area contributed by atoms with Crippen LogP contribution in [0.2, 0.25) is 0 Å². The molecule has 0 atom stereocenters. The Labute approximate surface area is 365 Å². The van der Waals surface area contributed by atoms with E-state index >= 15 is 0 Å². The van der Waals surface area contributed by atoms with E-state index < -0.39 is 5.41 Å². The molecule has 5 heteroatoms. The van der Waals surface area contributed by atoms with Gasteiger partial charge in [0.15, 0.2) is 28.8 Å². The molecular formula is C58H37N3O2. The van der Waals surface area contributed by atoms with Gasteiger partial charge in [-0.15, -0.1) is 0 Å². The summed E-state index contributed by atoms with van der Waals surface area (Å²) in [5, 5.41) is 0. The minimum atomic E-state index is -0.538. The first-order chi connectivity index (χ1) is 31.2. The molecule has 12 rings (SSSR count). The van der Waals surface area contributed by atoms with Crippen molar-refractivity contribution in [2.75, 3.05) is 0 Å². The predicted octanol–water partition coefficient (Wildman–Crippen LogP) is 14.5. The lowest BCUT2D eigenvalue weighted by atomic mass is 9.68. The second kappa shape index (κ2) is 14.9. The highest BCUT2D eigenvalue weighted by atomic mass is 16.6. The van der Waals surface area contributed by atoms with E-state index in [0.717, 1.165) is 67.3 Å². The number of pyridine rings is 1. The third-order valence-corrected chi connectivity index (χ3v) is 12.3. The van der Waals surface area contributed by atoms with Crippen molar-refractivity contribution in [1.82, 2.24) is 15.0 Å². The molecule has 0 unspecified atom stereocenters. The summed E-state index contributed by atoms with van der Waals surface area (Å²) >= 11 is 0. The number of benzene rings is 8. The zero-order chi connectivity index (χ0) is 41.7. The Morgan fingerprint density at radius 3 is 1.75 bits per heavy atom. The van der Waals surface area contributed by atoms with Crippen LogP contribution in [0.5, 0.6) is 23.0 Å². The average Bonchev–Trinajstić information content (AvgIpc) is 3.68. The third-order valence-electron chi connectivity index (χ3n) is 12.3. The Kier molecular flexibility index (Phi) is 8.64. The van der Waals surface area contributed by atoms with Gasteiger partial charge in [0.25, 0.3) is 0 Å². The second-order valence-electron chi connectivity index (χ2n) is 15.9. The van der Waals surface area contributed by atoms with Gasteiger partial charge < -0.3 is 9.47 Å². The third kappa shape index (κ3) is 6.05. The molecular weight excluding hydrogens is 771 g/mol. The highest BCUT2D eigenvalue weighted by Crippen LogP contribution is 2.62. The summed E-state index contributed by atoms with van der Waals surface area (Å²) in [6, 6.07) is 75.7. The average molecular weight is 808 g/mol. The SMILES string of the molecule is c1ccc(-c2cc(-c3ccccc3-c3ccc4c(c3)Oc3ccc5c(c3O4)-c3ccccc3C5(c3ccccc3)c3ccccc3)nc(-c3cccc(-c4ccccn4)c3)n2)cc1. The Bertz CT molecular complexity index is 3300. The van der Waals surface area contributed by atoms with Crippen LogP contribution in [-0.2, 0) is 5.41 Å². The van der Waals surface area contributed by atoms with Gasteiger partial charge in [-0.25, -0.2) is 9.97 Å². The lowest BCUT2D eigenvalue weighted by molar-refractivity contribution is 0.360. The summed E-state index contributed by atoms with van der Waals surface area (Å²) in [7, 11) is 0. The van der Waals surface area contributed by atoms with Crippen molar-refractivity contribution >= 4 is 0 Å². The predicted molar refractivity (Wildman–Crippen MR) is 251 cm³/mol. The monoisotopic (exact) mass is 807 g/mol. The van der Waals surface area contributed by atoms with Crippen LogP contribution in [0.4, 0.5) is 0 Å². The summed E-state index contributed by atoms with van der Waals surface area (Å²) in [4.78, 5) is 15.0. The Morgan fingerprint density at radius 2 is 0.984 bits per heavy atom. The number of ether oxygens (including phenoxy) is 2. The van der Waals surface area contributed by atoms with Gasteiger partial charge >= 0.3 is 0 Å². The maximum absolute atomic E-state index is 6.97. The largest absolute Gasteiger partial charge is 0.449 e. The molecule has 0 radical (unpaired) electrons. The molecule has 0 saturated carbocycles. The fraction of sp³-hybridized carbons (Fsp3) is 0.0172. The summed E-state index contributed by atoms with van der Waals surface area (Å²) in [6.07, 6.45) is 1.81. The number of aromatic nitrogens is 3. The molecule has 0 saturated heterocycles. The lowest BCUT2D eigenvalue weighted by Gasteiger charge is -2.34. The zero-order valence-corrected chi connectivity index (χ0v) is 34.0. The van der Waals surface area contributed by atoms with Crippen molar-refractivity contribution in [2.24, 2.45) is 0 Å². The van der Waals surface area contributed by atoms with Gasteiger partial charge in [-0.3, -0.25) is 4.98 Å². The van der Waals surface area contributed by atoms with Crippen LogP contribution in [0.3, 0.4) is 0 Å². The summed E-state index contributed by atoms with van der Waals surface area (Å²) in [5.74, 6) is 3.35. The first kappa shape index (κ1) is 36.4. The van der Waals surface area contributed by atoms with Crippen molar-refractivity contribution in [1.29, 1.82) is 0 Å². The van der Waals surface area contributed by atoms with Crippen LogP contribution in [0.1, 0.15) is 22.3 Å². The van der Waals surface area contributed by atoms with Crippen molar-refractivity contribution in [3.63, 3.8) is 0 Å². The van der Waals surface area contributed by atoms with Gasteiger partial charge in [0.2, 0.25) is 0 Å². The quantitative estimate of drug-likeness (QED) is 0.161. The number of hydrogen-bond acceptors (Lipinski definition) is 5. The van der Waals surface area contributed by atoms with E-state index in [1.165, 1.54) is 22.3 Å². The van der Waals surface area contributed by atoms with E-state index in [1.54, 1.807) is 0 Å². The summed E-state index contributed by atoms with van der Waals surface area (Å²) in [6.45, 7) is 0. The van der Waals surface area contributed by atoms with Gasteiger partial charge in [-0.05, 0) is 81.4 Å². The molecule has 3 heterocycles. The van der Waals surface area contributed by atoms with Crippen LogP contribution in [-0.4, -0.2) is 15.0 Å². The minimum absolute atomic E-state index is 0.538. The zero-order valence-electron chi connectivity index (χ0n) is 34.0. The fourth-order valence-electron chi connectivity index (χ4n) is 9.51. The Hall–Kier alpha value is -8.41. The molecule has 2 aromatic heterocycles. The van der Waals surface area contributed by atoms with Crippen LogP contribution in [0.25, 0.3) is 67.4 Å². The van der Waals surface area contributed by atoms with Crippen LogP contribution in [0, 0.1) is 0 Å². The van der Waals surface area contributed by atoms with Gasteiger partial charge in [-0.1, -0.05) is 176 Å². The molecule has 0 fully saturated rings. The smallest absolute Gasteiger partial charge is 0.178 e. The van der Waals surface area contributed by atoms with E-state index in [4.69, 9.17) is 19.4 Å². The number of rotatable bonds is 7. The van der Waals surface area contributed by atoms with Gasteiger partial charge in [-0.2, -0.15) is 0 Å².